The molecule has 0 saturated carbocycles. The highest BCUT2D eigenvalue weighted by molar-refractivity contribution is 7.78. The molecule has 0 bridgehead atoms. The van der Waals surface area contributed by atoms with Crippen molar-refractivity contribution in [3.05, 3.63) is 35.9 Å². The molecule has 1 heterocycles. The van der Waals surface area contributed by atoms with E-state index in [1.165, 1.54) is 18.4 Å². The van der Waals surface area contributed by atoms with Crippen LogP contribution < -0.4 is 0 Å². The van der Waals surface area contributed by atoms with Crippen LogP contribution in [0.2, 0.25) is 0 Å². The smallest absolute Gasteiger partial charge is 0.0790 e. The Morgan fingerprint density at radius 2 is 1.88 bits per heavy atom. The summed E-state index contributed by atoms with van der Waals surface area (Å²) in [6, 6.07) is 10.6. The van der Waals surface area contributed by atoms with E-state index in [1.54, 1.807) is 5.49 Å². The van der Waals surface area contributed by atoms with Gasteiger partial charge in [0, 0.05) is 19.6 Å². The summed E-state index contributed by atoms with van der Waals surface area (Å²) in [6.45, 7) is 3.30. The Bertz CT molecular complexity index is 320. The van der Waals surface area contributed by atoms with Gasteiger partial charge in [0.25, 0.3) is 0 Å². The zero-order valence-electron chi connectivity index (χ0n) is 9.51. The van der Waals surface area contributed by atoms with Crippen LogP contribution in [-0.4, -0.2) is 35.1 Å². The van der Waals surface area contributed by atoms with Crippen LogP contribution in [0.4, 0.5) is 0 Å². The van der Waals surface area contributed by atoms with Crippen molar-refractivity contribution in [1.82, 2.24) is 10.0 Å². The predicted octanol–water partition coefficient (Wildman–Crippen LogP) is 2.50. The average Bonchev–Trinajstić information content (AvgIpc) is 2.85. The van der Waals surface area contributed by atoms with E-state index in [9.17, 15) is 0 Å². The van der Waals surface area contributed by atoms with E-state index >= 15 is 0 Å². The second kappa shape index (κ2) is 5.97. The summed E-state index contributed by atoms with van der Waals surface area (Å²) in [4.78, 5) is 0. The third-order valence-corrected chi connectivity index (χ3v) is 3.28. The Kier molecular flexibility index (Phi) is 4.31. The van der Waals surface area contributed by atoms with Crippen LogP contribution in [0.15, 0.2) is 30.3 Å². The first-order chi connectivity index (χ1) is 7.90. The number of thiocarbonyl (C=S) groups is 1. The SMILES string of the molecule is S=CN(CCc1ccccc1)N1CCCC1. The maximum absolute atomic E-state index is 5.08. The van der Waals surface area contributed by atoms with Crippen LogP contribution in [0.1, 0.15) is 18.4 Å². The van der Waals surface area contributed by atoms with Crippen molar-refractivity contribution < 1.29 is 0 Å². The highest BCUT2D eigenvalue weighted by Crippen LogP contribution is 2.11. The standard InChI is InChI=1S/C13H18N2S/c16-12-15(14-9-4-5-10-14)11-8-13-6-2-1-3-7-13/h1-3,6-7,12H,4-5,8-11H2. The second-order valence-corrected chi connectivity index (χ2v) is 4.38. The second-order valence-electron chi connectivity index (χ2n) is 4.16. The van der Waals surface area contributed by atoms with Gasteiger partial charge in [-0.1, -0.05) is 42.5 Å². The molecule has 1 saturated heterocycles. The van der Waals surface area contributed by atoms with Crippen LogP contribution in [-0.2, 0) is 6.42 Å². The Hall–Kier alpha value is -0.930. The van der Waals surface area contributed by atoms with Gasteiger partial charge in [0.1, 0.15) is 0 Å². The van der Waals surface area contributed by atoms with Crippen LogP contribution in [0.3, 0.4) is 0 Å². The predicted molar refractivity (Wildman–Crippen MR) is 71.3 cm³/mol. The largest absolute Gasteiger partial charge is 0.302 e. The van der Waals surface area contributed by atoms with Gasteiger partial charge in [0.05, 0.1) is 5.49 Å². The van der Waals surface area contributed by atoms with Crippen molar-refractivity contribution in [1.29, 1.82) is 0 Å². The average molecular weight is 234 g/mol. The number of nitrogens with zero attached hydrogens (tertiary/aromatic N) is 2. The summed E-state index contributed by atoms with van der Waals surface area (Å²) >= 11 is 5.08. The molecule has 0 unspecified atom stereocenters. The number of hydrogen-bond acceptors (Lipinski definition) is 2. The van der Waals surface area contributed by atoms with Gasteiger partial charge >= 0.3 is 0 Å². The van der Waals surface area contributed by atoms with Crippen molar-refractivity contribution >= 4 is 17.7 Å². The summed E-state index contributed by atoms with van der Waals surface area (Å²) in [5.41, 5.74) is 3.16. The molecular weight excluding hydrogens is 216 g/mol. The minimum atomic E-state index is 0.994. The lowest BCUT2D eigenvalue weighted by atomic mass is 10.1. The molecule has 0 amide bonds. The molecule has 0 radical (unpaired) electrons. The molecule has 2 rings (SSSR count). The third-order valence-electron chi connectivity index (χ3n) is 3.04. The van der Waals surface area contributed by atoms with Gasteiger partial charge in [-0.3, -0.25) is 0 Å². The summed E-state index contributed by atoms with van der Waals surface area (Å²) in [5, 5.41) is 4.55. The van der Waals surface area contributed by atoms with Crippen molar-refractivity contribution in [2.24, 2.45) is 0 Å². The van der Waals surface area contributed by atoms with Crippen molar-refractivity contribution in [2.75, 3.05) is 19.6 Å². The van der Waals surface area contributed by atoms with E-state index in [0.717, 1.165) is 26.1 Å². The van der Waals surface area contributed by atoms with Crippen molar-refractivity contribution in [3.63, 3.8) is 0 Å². The third kappa shape index (κ3) is 3.03. The first-order valence-electron chi connectivity index (χ1n) is 5.91. The minimum absolute atomic E-state index is 0.994. The maximum Gasteiger partial charge on any atom is 0.0790 e. The quantitative estimate of drug-likeness (QED) is 0.723. The Labute approximate surface area is 103 Å². The van der Waals surface area contributed by atoms with Crippen LogP contribution >= 0.6 is 12.2 Å². The molecular formula is C13H18N2S. The van der Waals surface area contributed by atoms with E-state index in [-0.39, 0.29) is 0 Å². The molecule has 86 valence electrons. The zero-order valence-corrected chi connectivity index (χ0v) is 10.3. The highest BCUT2D eigenvalue weighted by atomic mass is 32.1. The van der Waals surface area contributed by atoms with E-state index < -0.39 is 0 Å². The normalized spacial score (nSPS) is 16.2. The molecule has 2 nitrogen and oxygen atoms in total. The van der Waals surface area contributed by atoms with Crippen LogP contribution in [0.25, 0.3) is 0 Å². The van der Waals surface area contributed by atoms with Gasteiger partial charge in [-0.05, 0) is 24.8 Å². The van der Waals surface area contributed by atoms with Gasteiger partial charge in [-0.15, -0.1) is 0 Å². The van der Waals surface area contributed by atoms with E-state index in [2.05, 4.69) is 40.3 Å². The van der Waals surface area contributed by atoms with Gasteiger partial charge in [-0.25, -0.2) is 5.01 Å². The van der Waals surface area contributed by atoms with E-state index in [1.807, 2.05) is 0 Å². The van der Waals surface area contributed by atoms with E-state index in [0.29, 0.717) is 0 Å². The van der Waals surface area contributed by atoms with Crippen LogP contribution in [0.5, 0.6) is 0 Å². The summed E-state index contributed by atoms with van der Waals surface area (Å²) < 4.78 is 0. The van der Waals surface area contributed by atoms with Gasteiger partial charge in [-0.2, -0.15) is 0 Å². The first kappa shape index (κ1) is 11.6. The maximum atomic E-state index is 5.08. The first-order valence-corrected chi connectivity index (χ1v) is 6.38. The molecule has 1 fully saturated rings. The van der Waals surface area contributed by atoms with E-state index in [4.69, 9.17) is 12.2 Å². The fourth-order valence-electron chi connectivity index (χ4n) is 2.11. The molecule has 1 aromatic rings. The molecule has 0 aliphatic carbocycles. The highest BCUT2D eigenvalue weighted by Gasteiger charge is 2.16. The van der Waals surface area contributed by atoms with Gasteiger partial charge < -0.3 is 5.01 Å². The molecule has 0 spiro atoms. The molecule has 1 aliphatic rings. The number of rotatable bonds is 5. The number of hydrogen-bond donors (Lipinski definition) is 0. The zero-order chi connectivity index (χ0) is 11.2. The lowest BCUT2D eigenvalue weighted by molar-refractivity contribution is 0.0839. The van der Waals surface area contributed by atoms with Crippen molar-refractivity contribution in [3.8, 4) is 0 Å². The fraction of sp³-hybridized carbons (Fsp3) is 0.462. The lowest BCUT2D eigenvalue weighted by Gasteiger charge is -2.29. The molecule has 16 heavy (non-hydrogen) atoms. The molecule has 1 aliphatic heterocycles. The summed E-state index contributed by atoms with van der Waals surface area (Å²) in [5.74, 6) is 0. The monoisotopic (exact) mass is 234 g/mol. The van der Waals surface area contributed by atoms with Crippen LogP contribution in [0, 0.1) is 0 Å². The Morgan fingerprint density at radius 1 is 1.19 bits per heavy atom. The molecule has 0 N–H and O–H groups in total. The molecule has 1 aromatic carbocycles. The molecule has 3 heteroatoms. The van der Waals surface area contributed by atoms with Gasteiger partial charge in [0.15, 0.2) is 0 Å². The number of hydrazine groups is 1. The van der Waals surface area contributed by atoms with Gasteiger partial charge in [0.2, 0.25) is 0 Å². The minimum Gasteiger partial charge on any atom is -0.302 e. The summed E-state index contributed by atoms with van der Waals surface area (Å²) in [6.07, 6.45) is 3.65. The molecule has 0 aromatic heterocycles. The lowest BCUT2D eigenvalue weighted by Crippen LogP contribution is -2.40. The topological polar surface area (TPSA) is 6.48 Å². The Balaban J connectivity index is 1.85. The summed E-state index contributed by atoms with van der Waals surface area (Å²) in [7, 11) is 0. The Morgan fingerprint density at radius 3 is 2.50 bits per heavy atom. The number of benzene rings is 1. The van der Waals surface area contributed by atoms with Crippen molar-refractivity contribution in [2.45, 2.75) is 19.3 Å². The fourth-order valence-corrected chi connectivity index (χ4v) is 2.35. The molecule has 0 atom stereocenters.